The number of aromatic nitrogens is 4. The standard InChI is InChI=1S/C13H18BrN5/c1-4-16-12(11-5-6-15-8-17-11)13-10(14)7-18-19(13)9(2)3/h5-9,12,16H,4H2,1-3H3. The molecule has 2 heterocycles. The molecule has 0 aliphatic heterocycles. The molecule has 0 radical (unpaired) electrons. The Bertz CT molecular complexity index is 523. The van der Waals surface area contributed by atoms with Crippen LogP contribution in [0.2, 0.25) is 0 Å². The maximum absolute atomic E-state index is 4.43. The molecule has 1 N–H and O–H groups in total. The molecule has 0 fully saturated rings. The highest BCUT2D eigenvalue weighted by atomic mass is 79.9. The summed E-state index contributed by atoms with van der Waals surface area (Å²) < 4.78 is 3.00. The number of hydrogen-bond acceptors (Lipinski definition) is 4. The molecule has 5 nitrogen and oxygen atoms in total. The highest BCUT2D eigenvalue weighted by Gasteiger charge is 2.23. The van der Waals surface area contributed by atoms with Gasteiger partial charge in [0.15, 0.2) is 0 Å². The van der Waals surface area contributed by atoms with Gasteiger partial charge in [0.25, 0.3) is 0 Å². The average Bonchev–Trinajstić information content (AvgIpc) is 2.79. The Morgan fingerprint density at radius 2 is 2.21 bits per heavy atom. The van der Waals surface area contributed by atoms with Crippen molar-refractivity contribution in [3.63, 3.8) is 0 Å². The first kappa shape index (κ1) is 14.1. The highest BCUT2D eigenvalue weighted by Crippen LogP contribution is 2.29. The molecule has 1 atom stereocenters. The fourth-order valence-corrected chi connectivity index (χ4v) is 2.55. The van der Waals surface area contributed by atoms with Gasteiger partial charge in [0.2, 0.25) is 0 Å². The number of hydrogen-bond donors (Lipinski definition) is 1. The van der Waals surface area contributed by atoms with E-state index in [9.17, 15) is 0 Å². The van der Waals surface area contributed by atoms with E-state index in [2.05, 4.69) is 57.1 Å². The third-order valence-electron chi connectivity index (χ3n) is 2.86. The van der Waals surface area contributed by atoms with Gasteiger partial charge in [-0.05, 0) is 42.4 Å². The first-order valence-corrected chi connectivity index (χ1v) is 7.16. The normalized spacial score (nSPS) is 12.9. The van der Waals surface area contributed by atoms with Crippen LogP contribution in [0.4, 0.5) is 0 Å². The second kappa shape index (κ2) is 6.25. The summed E-state index contributed by atoms with van der Waals surface area (Å²) in [6.07, 6.45) is 5.17. The Labute approximate surface area is 121 Å². The number of nitrogens with zero attached hydrogens (tertiary/aromatic N) is 4. The summed E-state index contributed by atoms with van der Waals surface area (Å²) in [7, 11) is 0. The van der Waals surface area contributed by atoms with Crippen LogP contribution in [0.3, 0.4) is 0 Å². The van der Waals surface area contributed by atoms with Crippen LogP contribution in [0.5, 0.6) is 0 Å². The van der Waals surface area contributed by atoms with Gasteiger partial charge in [-0.15, -0.1) is 0 Å². The zero-order valence-corrected chi connectivity index (χ0v) is 12.9. The monoisotopic (exact) mass is 323 g/mol. The van der Waals surface area contributed by atoms with Gasteiger partial charge in [-0.2, -0.15) is 5.10 Å². The Morgan fingerprint density at radius 3 is 2.79 bits per heavy atom. The van der Waals surface area contributed by atoms with Crippen LogP contribution in [0.15, 0.2) is 29.3 Å². The van der Waals surface area contributed by atoms with Crippen molar-refractivity contribution in [2.75, 3.05) is 6.54 Å². The lowest BCUT2D eigenvalue weighted by atomic mass is 10.1. The van der Waals surface area contributed by atoms with E-state index in [1.807, 2.05) is 16.9 Å². The van der Waals surface area contributed by atoms with Gasteiger partial charge in [0.1, 0.15) is 6.33 Å². The molecule has 2 aromatic heterocycles. The number of rotatable bonds is 5. The van der Waals surface area contributed by atoms with Crippen molar-refractivity contribution in [2.24, 2.45) is 0 Å². The van der Waals surface area contributed by atoms with E-state index in [-0.39, 0.29) is 6.04 Å². The second-order valence-corrected chi connectivity index (χ2v) is 5.40. The van der Waals surface area contributed by atoms with Crippen molar-refractivity contribution in [3.05, 3.63) is 40.6 Å². The largest absolute Gasteiger partial charge is 0.304 e. The lowest BCUT2D eigenvalue weighted by Gasteiger charge is -2.21. The van der Waals surface area contributed by atoms with E-state index in [0.29, 0.717) is 6.04 Å². The van der Waals surface area contributed by atoms with Crippen molar-refractivity contribution < 1.29 is 0 Å². The first-order chi connectivity index (χ1) is 9.15. The molecule has 19 heavy (non-hydrogen) atoms. The van der Waals surface area contributed by atoms with Crippen molar-refractivity contribution in [1.82, 2.24) is 25.1 Å². The molecular formula is C13H18BrN5. The maximum atomic E-state index is 4.43. The molecule has 1 unspecified atom stereocenters. The molecule has 2 rings (SSSR count). The van der Waals surface area contributed by atoms with Gasteiger partial charge in [-0.1, -0.05) is 6.92 Å². The van der Waals surface area contributed by atoms with Gasteiger partial charge in [0.05, 0.1) is 28.1 Å². The van der Waals surface area contributed by atoms with Crippen LogP contribution in [0.25, 0.3) is 0 Å². The molecular weight excluding hydrogens is 306 g/mol. The van der Waals surface area contributed by atoms with E-state index in [4.69, 9.17) is 0 Å². The van der Waals surface area contributed by atoms with Crippen LogP contribution in [-0.2, 0) is 0 Å². The molecule has 0 amide bonds. The third-order valence-corrected chi connectivity index (χ3v) is 3.47. The summed E-state index contributed by atoms with van der Waals surface area (Å²) in [6.45, 7) is 7.17. The lowest BCUT2D eigenvalue weighted by Crippen LogP contribution is -2.26. The minimum absolute atomic E-state index is 0.00674. The first-order valence-electron chi connectivity index (χ1n) is 6.37. The Kier molecular flexibility index (Phi) is 4.66. The Morgan fingerprint density at radius 1 is 1.42 bits per heavy atom. The fourth-order valence-electron chi connectivity index (χ4n) is 2.05. The van der Waals surface area contributed by atoms with Crippen molar-refractivity contribution in [3.8, 4) is 0 Å². The molecule has 6 heteroatoms. The van der Waals surface area contributed by atoms with Gasteiger partial charge < -0.3 is 5.32 Å². The SMILES string of the molecule is CCNC(c1ccncn1)c1c(Br)cnn1C(C)C. The minimum atomic E-state index is 0.00674. The van der Waals surface area contributed by atoms with Crippen LogP contribution in [0, 0.1) is 0 Å². The zero-order chi connectivity index (χ0) is 13.8. The quantitative estimate of drug-likeness (QED) is 0.919. The third kappa shape index (κ3) is 3.01. The average molecular weight is 324 g/mol. The Hall–Kier alpha value is -1.27. The van der Waals surface area contributed by atoms with E-state index in [0.717, 1.165) is 22.4 Å². The minimum Gasteiger partial charge on any atom is -0.304 e. The van der Waals surface area contributed by atoms with E-state index < -0.39 is 0 Å². The molecule has 102 valence electrons. The molecule has 0 aliphatic rings. The zero-order valence-electron chi connectivity index (χ0n) is 11.3. The predicted molar refractivity (Wildman–Crippen MR) is 77.9 cm³/mol. The highest BCUT2D eigenvalue weighted by molar-refractivity contribution is 9.10. The fraction of sp³-hybridized carbons (Fsp3) is 0.462. The van der Waals surface area contributed by atoms with Gasteiger partial charge in [-0.3, -0.25) is 4.68 Å². The van der Waals surface area contributed by atoms with Crippen LogP contribution < -0.4 is 5.32 Å². The topological polar surface area (TPSA) is 55.6 Å². The van der Waals surface area contributed by atoms with Crippen molar-refractivity contribution in [1.29, 1.82) is 0 Å². The summed E-state index contributed by atoms with van der Waals surface area (Å²) in [5.74, 6) is 0. The molecule has 0 aliphatic carbocycles. The van der Waals surface area contributed by atoms with E-state index >= 15 is 0 Å². The van der Waals surface area contributed by atoms with Crippen LogP contribution in [0.1, 0.15) is 44.2 Å². The van der Waals surface area contributed by atoms with Crippen LogP contribution in [-0.4, -0.2) is 26.3 Å². The second-order valence-electron chi connectivity index (χ2n) is 4.54. The summed E-state index contributed by atoms with van der Waals surface area (Å²) in [5.41, 5.74) is 2.04. The molecule has 0 saturated heterocycles. The maximum Gasteiger partial charge on any atom is 0.115 e. The van der Waals surface area contributed by atoms with Gasteiger partial charge in [0, 0.05) is 12.2 Å². The summed E-state index contributed by atoms with van der Waals surface area (Å²) in [6, 6.07) is 2.23. The molecule has 2 aromatic rings. The van der Waals surface area contributed by atoms with E-state index in [1.54, 1.807) is 12.5 Å². The summed E-state index contributed by atoms with van der Waals surface area (Å²) in [5, 5.41) is 7.89. The number of nitrogens with one attached hydrogen (secondary N) is 1. The molecule has 0 aromatic carbocycles. The Balaban J connectivity index is 2.48. The molecule has 0 saturated carbocycles. The lowest BCUT2D eigenvalue weighted by molar-refractivity contribution is 0.471. The molecule has 0 bridgehead atoms. The smallest absolute Gasteiger partial charge is 0.115 e. The number of halogens is 1. The van der Waals surface area contributed by atoms with Crippen LogP contribution >= 0.6 is 15.9 Å². The van der Waals surface area contributed by atoms with Crippen molar-refractivity contribution in [2.45, 2.75) is 32.9 Å². The van der Waals surface area contributed by atoms with Crippen molar-refractivity contribution >= 4 is 15.9 Å². The predicted octanol–water partition coefficient (Wildman–Crippen LogP) is 2.72. The summed E-state index contributed by atoms with van der Waals surface area (Å²) in [4.78, 5) is 8.34. The van der Waals surface area contributed by atoms with E-state index in [1.165, 1.54) is 0 Å². The molecule has 0 spiro atoms. The van der Waals surface area contributed by atoms with Gasteiger partial charge >= 0.3 is 0 Å². The van der Waals surface area contributed by atoms with Gasteiger partial charge in [-0.25, -0.2) is 9.97 Å². The summed E-state index contributed by atoms with van der Waals surface area (Å²) >= 11 is 3.59.